The summed E-state index contributed by atoms with van der Waals surface area (Å²) in [6.07, 6.45) is -8.03. The van der Waals surface area contributed by atoms with Gasteiger partial charge in [0, 0.05) is 0 Å². The van der Waals surface area contributed by atoms with Crippen LogP contribution in [0.5, 0.6) is 0 Å². The van der Waals surface area contributed by atoms with Crippen LogP contribution in [0.1, 0.15) is 20.3 Å². The van der Waals surface area contributed by atoms with Gasteiger partial charge in [-0.2, -0.15) is 34.8 Å². The summed E-state index contributed by atoms with van der Waals surface area (Å²) in [4.78, 5) is 23.1. The van der Waals surface area contributed by atoms with Crippen LogP contribution in [0.15, 0.2) is 12.4 Å². The molecule has 0 aromatic heterocycles. The van der Waals surface area contributed by atoms with E-state index in [1.54, 1.807) is 0 Å². The monoisotopic (exact) mass is 446 g/mol. The molecular formula is C13H16F6O8S. The lowest BCUT2D eigenvalue weighted by Gasteiger charge is -2.32. The molecule has 164 valence electrons. The second kappa shape index (κ2) is 9.09. The van der Waals surface area contributed by atoms with Gasteiger partial charge in [-0.15, -0.1) is 0 Å². The van der Waals surface area contributed by atoms with Gasteiger partial charge in [-0.25, -0.2) is 9.59 Å². The van der Waals surface area contributed by atoms with Crippen molar-refractivity contribution in [3.63, 3.8) is 0 Å². The molecule has 0 heterocycles. The van der Waals surface area contributed by atoms with E-state index in [0.717, 1.165) is 0 Å². The molecule has 0 bridgehead atoms. The number of halogens is 6. The Morgan fingerprint density at radius 3 is 2.00 bits per heavy atom. The number of esters is 2. The third-order valence-electron chi connectivity index (χ3n) is 2.72. The topological polar surface area (TPSA) is 116 Å². The Morgan fingerprint density at radius 1 is 1.14 bits per heavy atom. The van der Waals surface area contributed by atoms with E-state index in [2.05, 4.69) is 20.8 Å². The Bertz CT molecular complexity index is 702. The number of hydrogen-bond donors (Lipinski definition) is 1. The van der Waals surface area contributed by atoms with Crippen LogP contribution in [0.25, 0.3) is 0 Å². The average molecular weight is 446 g/mol. The van der Waals surface area contributed by atoms with Crippen LogP contribution in [0.2, 0.25) is 0 Å². The van der Waals surface area contributed by atoms with Crippen molar-refractivity contribution < 1.29 is 63.1 Å². The van der Waals surface area contributed by atoms with Gasteiger partial charge in [0.1, 0.15) is 0 Å². The van der Waals surface area contributed by atoms with Gasteiger partial charge in [0.15, 0.2) is 0 Å². The number of carbonyl (C=O) groups excluding carboxylic acids is 2. The molecule has 0 radical (unpaired) electrons. The van der Waals surface area contributed by atoms with Gasteiger partial charge >= 0.3 is 39.3 Å². The maximum Gasteiger partial charge on any atom is 0.468 e. The van der Waals surface area contributed by atoms with Crippen LogP contribution >= 0.6 is 0 Å². The minimum absolute atomic E-state index is 0.523. The zero-order chi connectivity index (χ0) is 22.6. The third kappa shape index (κ3) is 6.63. The van der Waals surface area contributed by atoms with Crippen molar-refractivity contribution in [2.24, 2.45) is 5.92 Å². The smallest absolute Gasteiger partial charge is 0.460 e. The van der Waals surface area contributed by atoms with Gasteiger partial charge < -0.3 is 14.2 Å². The van der Waals surface area contributed by atoms with Gasteiger partial charge in [0.2, 0.25) is 5.83 Å². The SMILES string of the molecule is C=C(F)C(=O)OC(OCCC(F)(F)S(=O)(=O)O)(C(=O)OCC(C)C)C(F)(F)F. The maximum atomic E-state index is 13.4. The second-order valence-corrected chi connectivity index (χ2v) is 7.16. The summed E-state index contributed by atoms with van der Waals surface area (Å²) < 4.78 is 120. The van der Waals surface area contributed by atoms with E-state index in [4.69, 9.17) is 4.55 Å². The van der Waals surface area contributed by atoms with Crippen molar-refractivity contribution in [1.82, 2.24) is 0 Å². The number of ether oxygens (including phenoxy) is 3. The lowest BCUT2D eigenvalue weighted by atomic mass is 10.2. The van der Waals surface area contributed by atoms with Crippen molar-refractivity contribution in [3.05, 3.63) is 12.4 Å². The molecule has 1 unspecified atom stereocenters. The van der Waals surface area contributed by atoms with Crippen molar-refractivity contribution in [1.29, 1.82) is 0 Å². The normalized spacial score (nSPS) is 15.1. The van der Waals surface area contributed by atoms with Gasteiger partial charge in [0.25, 0.3) is 0 Å². The quantitative estimate of drug-likeness (QED) is 0.179. The molecule has 0 aromatic rings. The van der Waals surface area contributed by atoms with Crippen LogP contribution in [-0.2, 0) is 33.9 Å². The Labute approximate surface area is 155 Å². The first-order valence-corrected chi connectivity index (χ1v) is 8.62. The first-order chi connectivity index (χ1) is 12.4. The molecule has 0 rings (SSSR count). The summed E-state index contributed by atoms with van der Waals surface area (Å²) in [6.45, 7) is 2.64. The van der Waals surface area contributed by atoms with Crippen LogP contribution in [0.3, 0.4) is 0 Å². The summed E-state index contributed by atoms with van der Waals surface area (Å²) in [6, 6.07) is 0. The van der Waals surface area contributed by atoms with Gasteiger partial charge in [-0.05, 0) is 5.92 Å². The fourth-order valence-electron chi connectivity index (χ4n) is 1.35. The molecule has 0 amide bonds. The van der Waals surface area contributed by atoms with Crippen molar-refractivity contribution >= 4 is 22.1 Å². The standard InChI is InChI=1S/C13H16F6O8S/c1-7(2)6-25-10(21)12(13(17,18)19,27-9(20)8(3)14)26-5-4-11(15,16)28(22,23)24/h7H,3-6H2,1-2H3,(H,22,23,24). The molecule has 0 saturated heterocycles. The molecule has 0 aliphatic carbocycles. The molecule has 0 fully saturated rings. The summed E-state index contributed by atoms with van der Waals surface area (Å²) in [5.74, 6) is -12.1. The highest BCUT2D eigenvalue weighted by atomic mass is 32.2. The first kappa shape index (κ1) is 26.1. The highest BCUT2D eigenvalue weighted by Crippen LogP contribution is 2.38. The number of rotatable bonds is 10. The summed E-state index contributed by atoms with van der Waals surface area (Å²) >= 11 is 0. The van der Waals surface area contributed by atoms with Crippen LogP contribution in [0, 0.1) is 5.92 Å². The molecule has 0 aliphatic rings. The summed E-state index contributed by atoms with van der Waals surface area (Å²) in [7, 11) is -6.03. The molecule has 8 nitrogen and oxygen atoms in total. The number of carbonyl (C=O) groups is 2. The molecule has 0 aliphatic heterocycles. The maximum absolute atomic E-state index is 13.4. The molecule has 28 heavy (non-hydrogen) atoms. The fraction of sp³-hybridized carbons (Fsp3) is 0.692. The highest BCUT2D eigenvalue weighted by Gasteiger charge is 2.68. The molecule has 1 atom stereocenters. The van der Waals surface area contributed by atoms with Crippen LogP contribution < -0.4 is 0 Å². The zero-order valence-electron chi connectivity index (χ0n) is 14.4. The minimum Gasteiger partial charge on any atom is -0.460 e. The average Bonchev–Trinajstić information content (AvgIpc) is 2.48. The van der Waals surface area contributed by atoms with Crippen LogP contribution in [-0.4, -0.2) is 55.3 Å². The van der Waals surface area contributed by atoms with Gasteiger partial charge in [-0.3, -0.25) is 4.55 Å². The summed E-state index contributed by atoms with van der Waals surface area (Å²) in [5, 5.41) is -4.96. The van der Waals surface area contributed by atoms with Crippen molar-refractivity contribution in [2.75, 3.05) is 13.2 Å². The lowest BCUT2D eigenvalue weighted by Crippen LogP contribution is -2.58. The lowest BCUT2D eigenvalue weighted by molar-refractivity contribution is -0.356. The Hall–Kier alpha value is -1.87. The second-order valence-electron chi connectivity index (χ2n) is 5.61. The summed E-state index contributed by atoms with van der Waals surface area (Å²) in [5.41, 5.74) is 0. The largest absolute Gasteiger partial charge is 0.468 e. The zero-order valence-corrected chi connectivity index (χ0v) is 15.2. The molecule has 1 N–H and O–H groups in total. The van der Waals surface area contributed by atoms with Gasteiger partial charge in [0.05, 0.1) is 19.6 Å². The molecule has 0 saturated carbocycles. The molecular weight excluding hydrogens is 430 g/mol. The van der Waals surface area contributed by atoms with E-state index in [0.29, 0.717) is 0 Å². The van der Waals surface area contributed by atoms with E-state index >= 15 is 0 Å². The first-order valence-electron chi connectivity index (χ1n) is 7.18. The van der Waals surface area contributed by atoms with E-state index in [1.807, 2.05) is 0 Å². The van der Waals surface area contributed by atoms with Crippen molar-refractivity contribution in [2.45, 2.75) is 37.5 Å². The van der Waals surface area contributed by atoms with E-state index < -0.39 is 70.7 Å². The van der Waals surface area contributed by atoms with Crippen LogP contribution in [0.4, 0.5) is 26.3 Å². The molecule has 0 aromatic carbocycles. The minimum atomic E-state index is -6.03. The Balaban J connectivity index is 5.88. The Kier molecular flexibility index (Phi) is 8.48. The van der Waals surface area contributed by atoms with E-state index in [-0.39, 0.29) is 0 Å². The van der Waals surface area contributed by atoms with Crippen molar-refractivity contribution in [3.8, 4) is 0 Å². The number of alkyl halides is 5. The Morgan fingerprint density at radius 2 is 1.64 bits per heavy atom. The predicted octanol–water partition coefficient (Wildman–Crippen LogP) is 2.36. The molecule has 0 spiro atoms. The highest BCUT2D eigenvalue weighted by molar-refractivity contribution is 7.86. The van der Waals surface area contributed by atoms with Gasteiger partial charge in [-0.1, -0.05) is 20.4 Å². The fourth-order valence-corrected chi connectivity index (χ4v) is 1.69. The van der Waals surface area contributed by atoms with E-state index in [9.17, 15) is 44.3 Å². The van der Waals surface area contributed by atoms with E-state index in [1.165, 1.54) is 13.8 Å². The number of hydrogen-bond acceptors (Lipinski definition) is 7. The predicted molar refractivity (Wildman–Crippen MR) is 78.0 cm³/mol. The third-order valence-corrected chi connectivity index (χ3v) is 3.68. The molecule has 15 heteroatoms.